The van der Waals surface area contributed by atoms with Crippen molar-refractivity contribution >= 4 is 36.4 Å². The average Bonchev–Trinajstić information content (AvgIpc) is 3.67. The van der Waals surface area contributed by atoms with Crippen LogP contribution in [0.15, 0.2) is 66.4 Å². The van der Waals surface area contributed by atoms with Crippen molar-refractivity contribution in [2.75, 3.05) is 19.7 Å². The summed E-state index contributed by atoms with van der Waals surface area (Å²) in [6, 6.07) is 10.7. The molecule has 4 heterocycles. The van der Waals surface area contributed by atoms with E-state index in [9.17, 15) is 4.79 Å². The molecule has 0 bridgehead atoms. The lowest BCUT2D eigenvalue weighted by atomic mass is 9.90. The van der Waals surface area contributed by atoms with Gasteiger partial charge < -0.3 is 33.0 Å². The number of nitrogens with zero attached hydrogens (tertiary/aromatic N) is 2. The smallest absolute Gasteiger partial charge is 0.484 e. The van der Waals surface area contributed by atoms with Gasteiger partial charge in [0.15, 0.2) is 18.0 Å². The van der Waals surface area contributed by atoms with Gasteiger partial charge in [-0.3, -0.25) is 4.79 Å². The lowest BCUT2D eigenvalue weighted by Crippen LogP contribution is -2.50. The summed E-state index contributed by atoms with van der Waals surface area (Å²) >= 11 is 0. The van der Waals surface area contributed by atoms with E-state index in [-0.39, 0.29) is 12.5 Å². The van der Waals surface area contributed by atoms with Crippen molar-refractivity contribution < 1.29 is 22.6 Å². The molecule has 1 aromatic carbocycles. The van der Waals surface area contributed by atoms with Gasteiger partial charge in [-0.05, 0) is 48.7 Å². The Morgan fingerprint density at radius 3 is 2.74 bits per heavy atom. The number of benzene rings is 1. The second-order valence-corrected chi connectivity index (χ2v) is 9.73. The number of fused-ring (bicyclic) bond motifs is 2. The fourth-order valence-corrected chi connectivity index (χ4v) is 5.03. The lowest BCUT2D eigenvalue weighted by Gasteiger charge is -2.30. The van der Waals surface area contributed by atoms with Crippen molar-refractivity contribution in [1.29, 1.82) is 0 Å². The second-order valence-electron chi connectivity index (χ2n) is 9.73. The van der Waals surface area contributed by atoms with Crippen LogP contribution in [0.4, 0.5) is 8.63 Å². The highest BCUT2D eigenvalue weighted by molar-refractivity contribution is 6.58. The Hall–Kier alpha value is -3.88. The van der Waals surface area contributed by atoms with E-state index >= 15 is 8.63 Å². The van der Waals surface area contributed by atoms with Gasteiger partial charge in [0.2, 0.25) is 0 Å². The van der Waals surface area contributed by atoms with E-state index in [4.69, 9.17) is 4.74 Å². The molecule has 2 aromatic rings. The number of ether oxygens (including phenoxy) is 1. The molecular formula is C29H33BF2N4O2. The van der Waals surface area contributed by atoms with Gasteiger partial charge in [0, 0.05) is 48.8 Å². The number of allylic oxidation sites excluding steroid dienone is 3. The van der Waals surface area contributed by atoms with E-state index in [1.807, 2.05) is 18.2 Å². The highest BCUT2D eigenvalue weighted by Gasteiger charge is 2.52. The zero-order chi connectivity index (χ0) is 26.5. The van der Waals surface area contributed by atoms with E-state index in [2.05, 4.69) is 17.6 Å². The summed E-state index contributed by atoms with van der Waals surface area (Å²) in [6.45, 7) is -0.534. The van der Waals surface area contributed by atoms with Gasteiger partial charge in [0.25, 0.3) is 5.91 Å². The fraction of sp³-hybridized carbons (Fsp3) is 0.310. The van der Waals surface area contributed by atoms with Crippen molar-refractivity contribution in [1.82, 2.24) is 15.1 Å². The van der Waals surface area contributed by atoms with Gasteiger partial charge in [-0.15, -0.1) is 0 Å². The predicted octanol–water partition coefficient (Wildman–Crippen LogP) is 5.21. The SMILES string of the molecule is CCCCCCNC(=O)COc1ccc(/C=C\C2=[N+]3C(=Cc4ccc(C5=CCCN5)n4[B-]3(F)F)C=C2)cc1. The fourth-order valence-electron chi connectivity index (χ4n) is 5.03. The van der Waals surface area contributed by atoms with Crippen LogP contribution >= 0.6 is 0 Å². The van der Waals surface area contributed by atoms with Crippen LogP contribution in [-0.4, -0.2) is 47.2 Å². The third-order valence-corrected chi connectivity index (χ3v) is 6.98. The summed E-state index contributed by atoms with van der Waals surface area (Å²) < 4.78 is 39.7. The highest BCUT2D eigenvalue weighted by atomic mass is 19.2. The molecule has 3 aliphatic rings. The molecule has 5 rings (SSSR count). The molecule has 0 radical (unpaired) electrons. The molecule has 0 fully saturated rings. The summed E-state index contributed by atoms with van der Waals surface area (Å²) in [5.74, 6) is 0.437. The van der Waals surface area contributed by atoms with Crippen LogP contribution in [0.5, 0.6) is 5.75 Å². The largest absolute Gasteiger partial charge is 0.737 e. The molecule has 0 atom stereocenters. The molecule has 38 heavy (non-hydrogen) atoms. The Morgan fingerprint density at radius 1 is 1.13 bits per heavy atom. The van der Waals surface area contributed by atoms with Crippen LogP contribution in [-0.2, 0) is 4.79 Å². The number of nitrogens with one attached hydrogen (secondary N) is 2. The molecule has 0 saturated carbocycles. The lowest BCUT2D eigenvalue weighted by molar-refractivity contribution is -0.359. The third kappa shape index (κ3) is 5.37. The Bertz CT molecular complexity index is 1350. The number of aromatic nitrogens is 1. The Kier molecular flexibility index (Phi) is 7.63. The van der Waals surface area contributed by atoms with Gasteiger partial charge in [-0.25, -0.2) is 0 Å². The topological polar surface area (TPSA) is 58.3 Å². The van der Waals surface area contributed by atoms with E-state index in [0.717, 1.165) is 52.5 Å². The maximum Gasteiger partial charge on any atom is 0.737 e. The van der Waals surface area contributed by atoms with E-state index < -0.39 is 6.97 Å². The molecule has 6 nitrogen and oxygen atoms in total. The van der Waals surface area contributed by atoms with Crippen LogP contribution < -0.4 is 15.4 Å². The zero-order valence-electron chi connectivity index (χ0n) is 21.6. The minimum atomic E-state index is -4.07. The predicted molar refractivity (Wildman–Crippen MR) is 149 cm³/mol. The van der Waals surface area contributed by atoms with Crippen LogP contribution in [0.1, 0.15) is 56.0 Å². The van der Waals surface area contributed by atoms with Crippen molar-refractivity contribution in [3.63, 3.8) is 0 Å². The molecule has 1 amide bonds. The number of carbonyl (C=O) groups excluding carboxylic acids is 1. The standard InChI is InChI=1S/C29H33BF2N4O2/c1-2-3-4-5-18-34-29(37)21-38-26-15-9-22(10-16-26)8-11-23-12-13-24-20-25-14-17-28(27-7-6-19-33-27)36(25)30(31,32)35(23)24/h7-17,20,33H,2-6,18-19,21H2,1H3,(H,34,37)/b11-8-. The molecule has 0 spiro atoms. The Labute approximate surface area is 222 Å². The van der Waals surface area contributed by atoms with Gasteiger partial charge in [0.05, 0.1) is 5.70 Å². The highest BCUT2D eigenvalue weighted by Crippen LogP contribution is 2.34. The normalized spacial score (nSPS) is 17.2. The van der Waals surface area contributed by atoms with Gasteiger partial charge in [0.1, 0.15) is 5.75 Å². The summed E-state index contributed by atoms with van der Waals surface area (Å²) in [4.78, 5) is 12.0. The zero-order valence-corrected chi connectivity index (χ0v) is 21.6. The molecule has 0 unspecified atom stereocenters. The molecule has 9 heteroatoms. The molecule has 2 N–H and O–H groups in total. The number of unbranched alkanes of at least 4 members (excludes halogenated alkanes) is 3. The summed E-state index contributed by atoms with van der Waals surface area (Å²) in [5.41, 5.74) is 3.51. The quantitative estimate of drug-likeness (QED) is 0.317. The summed E-state index contributed by atoms with van der Waals surface area (Å²) in [7, 11) is 0. The van der Waals surface area contributed by atoms with Crippen LogP contribution in [0.25, 0.3) is 17.8 Å². The first-order chi connectivity index (χ1) is 18.5. The minimum absolute atomic E-state index is 0.0390. The van der Waals surface area contributed by atoms with Crippen molar-refractivity contribution in [2.24, 2.45) is 0 Å². The van der Waals surface area contributed by atoms with Gasteiger partial charge in [-0.1, -0.05) is 44.4 Å². The first-order valence-electron chi connectivity index (χ1n) is 13.4. The van der Waals surface area contributed by atoms with Crippen molar-refractivity contribution in [2.45, 2.75) is 39.0 Å². The molecule has 1 aromatic heterocycles. The maximum atomic E-state index is 15.9. The van der Waals surface area contributed by atoms with Crippen molar-refractivity contribution in [3.05, 3.63) is 83.4 Å². The minimum Gasteiger partial charge on any atom is -0.484 e. The van der Waals surface area contributed by atoms with Crippen LogP contribution in [0.2, 0.25) is 0 Å². The summed E-state index contributed by atoms with van der Waals surface area (Å²) in [5, 5.41) is 6.07. The molecule has 198 valence electrons. The Balaban J connectivity index is 1.24. The first kappa shape index (κ1) is 25.8. The van der Waals surface area contributed by atoms with Gasteiger partial charge in [-0.2, -0.15) is 0 Å². The second kappa shape index (κ2) is 11.2. The summed E-state index contributed by atoms with van der Waals surface area (Å²) in [6.07, 6.45) is 16.0. The van der Waals surface area contributed by atoms with Gasteiger partial charge >= 0.3 is 6.97 Å². The Morgan fingerprint density at radius 2 is 1.97 bits per heavy atom. The maximum absolute atomic E-state index is 15.9. The number of rotatable bonds is 11. The van der Waals surface area contributed by atoms with E-state index in [1.54, 1.807) is 54.6 Å². The molecule has 0 aliphatic carbocycles. The van der Waals surface area contributed by atoms with E-state index in [0.29, 0.717) is 35.1 Å². The number of amides is 1. The first-order valence-corrected chi connectivity index (χ1v) is 13.4. The number of halogens is 2. The number of carbonyl (C=O) groups is 1. The molecular weight excluding hydrogens is 485 g/mol. The number of hydrogen-bond donors (Lipinski definition) is 2. The third-order valence-electron chi connectivity index (χ3n) is 6.98. The van der Waals surface area contributed by atoms with E-state index in [1.165, 1.54) is 6.42 Å². The van der Waals surface area contributed by atoms with Crippen LogP contribution in [0.3, 0.4) is 0 Å². The monoisotopic (exact) mass is 518 g/mol. The number of hydrogen-bond acceptors (Lipinski definition) is 3. The average molecular weight is 518 g/mol. The van der Waals surface area contributed by atoms with Crippen molar-refractivity contribution in [3.8, 4) is 5.75 Å². The molecule has 0 saturated heterocycles. The van der Waals surface area contributed by atoms with Crippen LogP contribution in [0, 0.1) is 0 Å². The molecule has 3 aliphatic heterocycles.